The molecular weight excluding hydrogens is 317 g/mol. The number of ether oxygens (including phenoxy) is 2. The molecule has 4 heteroatoms. The van der Waals surface area contributed by atoms with Crippen LogP contribution in [0.4, 0.5) is 4.39 Å². The molecule has 3 rings (SSSR count). The Morgan fingerprint density at radius 3 is 2.36 bits per heavy atom. The third-order valence-electron chi connectivity index (χ3n) is 4.72. The topological polar surface area (TPSA) is 21.7 Å². The molecule has 2 atom stereocenters. The van der Waals surface area contributed by atoms with Crippen molar-refractivity contribution >= 4 is 0 Å². The van der Waals surface area contributed by atoms with Crippen molar-refractivity contribution in [2.45, 2.75) is 26.0 Å². The number of likely N-dealkylation sites (tertiary alicyclic amines) is 1. The van der Waals surface area contributed by atoms with Crippen LogP contribution in [0, 0.1) is 5.92 Å². The summed E-state index contributed by atoms with van der Waals surface area (Å²) >= 11 is 0. The van der Waals surface area contributed by atoms with Gasteiger partial charge in [0.25, 0.3) is 0 Å². The van der Waals surface area contributed by atoms with E-state index in [2.05, 4.69) is 11.8 Å². The Bertz CT molecular complexity index is 632. The standard InChI is InChI=1S/C21H26FNO2/c1-17(23-12-11-19(13-22)14-23)15-24-20-7-9-21(10-8-20)25-16-18-5-3-2-4-6-18/h2-10,17,19H,11-16H2,1H3/t17-,19-/m0/s1. The molecule has 0 radical (unpaired) electrons. The molecule has 1 aliphatic rings. The normalized spacial score (nSPS) is 18.9. The van der Waals surface area contributed by atoms with E-state index in [-0.39, 0.29) is 12.6 Å². The predicted molar refractivity (Wildman–Crippen MR) is 97.8 cm³/mol. The maximum Gasteiger partial charge on any atom is 0.120 e. The molecule has 1 fully saturated rings. The van der Waals surface area contributed by atoms with Crippen molar-refractivity contribution in [3.05, 3.63) is 60.2 Å². The first kappa shape index (κ1) is 17.7. The summed E-state index contributed by atoms with van der Waals surface area (Å²) in [6.07, 6.45) is 0.953. The third kappa shape index (κ3) is 5.20. The number of hydrogen-bond acceptors (Lipinski definition) is 3. The molecule has 0 aromatic heterocycles. The minimum Gasteiger partial charge on any atom is -0.492 e. The summed E-state index contributed by atoms with van der Waals surface area (Å²) in [7, 11) is 0. The molecule has 2 aromatic rings. The summed E-state index contributed by atoms with van der Waals surface area (Å²) in [6.45, 7) is 4.90. The van der Waals surface area contributed by atoms with Crippen LogP contribution in [0.15, 0.2) is 54.6 Å². The van der Waals surface area contributed by atoms with Gasteiger partial charge in [0.2, 0.25) is 0 Å². The lowest BCUT2D eigenvalue weighted by Gasteiger charge is -2.24. The van der Waals surface area contributed by atoms with Crippen molar-refractivity contribution in [3.8, 4) is 11.5 Å². The zero-order valence-electron chi connectivity index (χ0n) is 14.7. The fourth-order valence-electron chi connectivity index (χ4n) is 3.08. The Morgan fingerprint density at radius 2 is 1.72 bits per heavy atom. The average Bonchev–Trinajstić information content (AvgIpc) is 3.15. The minimum absolute atomic E-state index is 0.198. The third-order valence-corrected chi connectivity index (χ3v) is 4.72. The minimum atomic E-state index is -0.214. The number of halogens is 1. The van der Waals surface area contributed by atoms with Crippen LogP contribution in [0.1, 0.15) is 18.9 Å². The summed E-state index contributed by atoms with van der Waals surface area (Å²) in [4.78, 5) is 2.31. The van der Waals surface area contributed by atoms with Crippen LogP contribution in [0.2, 0.25) is 0 Å². The van der Waals surface area contributed by atoms with Crippen molar-refractivity contribution in [3.63, 3.8) is 0 Å². The van der Waals surface area contributed by atoms with E-state index in [4.69, 9.17) is 9.47 Å². The van der Waals surface area contributed by atoms with Gasteiger partial charge in [-0.25, -0.2) is 0 Å². The van der Waals surface area contributed by atoms with Crippen LogP contribution in [-0.4, -0.2) is 37.3 Å². The van der Waals surface area contributed by atoms with Crippen LogP contribution in [0.25, 0.3) is 0 Å². The molecule has 25 heavy (non-hydrogen) atoms. The number of nitrogens with zero attached hydrogens (tertiary/aromatic N) is 1. The summed E-state index contributed by atoms with van der Waals surface area (Å²) in [5.41, 5.74) is 1.15. The van der Waals surface area contributed by atoms with E-state index >= 15 is 0 Å². The van der Waals surface area contributed by atoms with Gasteiger partial charge in [-0.05, 0) is 49.7 Å². The predicted octanol–water partition coefficient (Wildman–Crippen LogP) is 4.32. The van der Waals surface area contributed by atoms with Gasteiger partial charge in [0.1, 0.15) is 24.7 Å². The summed E-state index contributed by atoms with van der Waals surface area (Å²) in [5.74, 6) is 1.86. The molecule has 0 amide bonds. The number of hydrogen-bond donors (Lipinski definition) is 0. The van der Waals surface area contributed by atoms with Crippen molar-refractivity contribution in [2.24, 2.45) is 5.92 Å². The van der Waals surface area contributed by atoms with E-state index < -0.39 is 0 Å². The lowest BCUT2D eigenvalue weighted by Crippen LogP contribution is -2.35. The van der Waals surface area contributed by atoms with E-state index in [0.29, 0.717) is 19.3 Å². The second-order valence-corrected chi connectivity index (χ2v) is 6.71. The molecule has 1 aliphatic heterocycles. The first-order valence-electron chi connectivity index (χ1n) is 8.94. The van der Waals surface area contributed by atoms with Gasteiger partial charge in [-0.15, -0.1) is 0 Å². The Morgan fingerprint density at radius 1 is 1.04 bits per heavy atom. The van der Waals surface area contributed by atoms with Gasteiger partial charge in [-0.3, -0.25) is 9.29 Å². The van der Waals surface area contributed by atoms with Gasteiger partial charge < -0.3 is 9.47 Å². The van der Waals surface area contributed by atoms with Crippen molar-refractivity contribution in [1.82, 2.24) is 4.90 Å². The first-order valence-corrected chi connectivity index (χ1v) is 8.94. The molecular formula is C21H26FNO2. The highest BCUT2D eigenvalue weighted by atomic mass is 19.1. The van der Waals surface area contributed by atoms with Crippen molar-refractivity contribution < 1.29 is 13.9 Å². The Labute approximate surface area is 149 Å². The van der Waals surface area contributed by atoms with Crippen molar-refractivity contribution in [2.75, 3.05) is 26.4 Å². The Kier molecular flexibility index (Phi) is 6.29. The highest BCUT2D eigenvalue weighted by Gasteiger charge is 2.26. The highest BCUT2D eigenvalue weighted by molar-refractivity contribution is 5.31. The van der Waals surface area contributed by atoms with Crippen LogP contribution in [0.5, 0.6) is 11.5 Å². The lowest BCUT2D eigenvalue weighted by atomic mass is 10.1. The highest BCUT2D eigenvalue weighted by Crippen LogP contribution is 2.21. The Hall–Kier alpha value is -2.07. The fourth-order valence-corrected chi connectivity index (χ4v) is 3.08. The SMILES string of the molecule is C[C@@H](COc1ccc(OCc2ccccc2)cc1)N1CC[C@@H](CF)C1. The van der Waals surface area contributed by atoms with Gasteiger partial charge in [-0.2, -0.15) is 0 Å². The summed E-state index contributed by atoms with van der Waals surface area (Å²) in [5, 5.41) is 0. The first-order chi connectivity index (χ1) is 12.2. The van der Waals surface area contributed by atoms with Gasteiger partial charge >= 0.3 is 0 Å². The molecule has 3 nitrogen and oxygen atoms in total. The van der Waals surface area contributed by atoms with E-state index in [1.54, 1.807) is 0 Å². The second kappa shape index (κ2) is 8.86. The molecule has 1 heterocycles. The van der Waals surface area contributed by atoms with E-state index in [9.17, 15) is 4.39 Å². The number of rotatable bonds is 8. The van der Waals surface area contributed by atoms with Crippen molar-refractivity contribution in [1.29, 1.82) is 0 Å². The molecule has 0 bridgehead atoms. The van der Waals surface area contributed by atoms with E-state index in [0.717, 1.165) is 36.6 Å². The zero-order chi connectivity index (χ0) is 17.5. The maximum absolute atomic E-state index is 12.7. The van der Waals surface area contributed by atoms with Crippen LogP contribution in [0.3, 0.4) is 0 Å². The van der Waals surface area contributed by atoms with Gasteiger partial charge in [0, 0.05) is 18.5 Å². The van der Waals surface area contributed by atoms with E-state index in [1.165, 1.54) is 0 Å². The van der Waals surface area contributed by atoms with Crippen LogP contribution >= 0.6 is 0 Å². The number of alkyl halides is 1. The lowest BCUT2D eigenvalue weighted by molar-refractivity contribution is 0.165. The summed E-state index contributed by atoms with van der Waals surface area (Å²) in [6, 6.07) is 18.1. The molecule has 2 aromatic carbocycles. The van der Waals surface area contributed by atoms with E-state index in [1.807, 2.05) is 54.6 Å². The maximum atomic E-state index is 12.7. The van der Waals surface area contributed by atoms with Crippen LogP contribution < -0.4 is 9.47 Å². The Balaban J connectivity index is 1.43. The largest absolute Gasteiger partial charge is 0.492 e. The number of benzene rings is 2. The molecule has 0 N–H and O–H groups in total. The average molecular weight is 343 g/mol. The summed E-state index contributed by atoms with van der Waals surface area (Å²) < 4.78 is 24.4. The molecule has 1 saturated heterocycles. The monoisotopic (exact) mass is 343 g/mol. The molecule has 0 unspecified atom stereocenters. The molecule has 134 valence electrons. The molecule has 0 aliphatic carbocycles. The van der Waals surface area contributed by atoms with Gasteiger partial charge in [-0.1, -0.05) is 30.3 Å². The van der Waals surface area contributed by atoms with Gasteiger partial charge in [0.15, 0.2) is 0 Å². The fraction of sp³-hybridized carbons (Fsp3) is 0.429. The zero-order valence-corrected chi connectivity index (χ0v) is 14.7. The van der Waals surface area contributed by atoms with Gasteiger partial charge in [0.05, 0.1) is 6.67 Å². The second-order valence-electron chi connectivity index (χ2n) is 6.71. The quantitative estimate of drug-likeness (QED) is 0.712. The molecule has 0 spiro atoms. The smallest absolute Gasteiger partial charge is 0.120 e. The molecule has 0 saturated carbocycles. The van der Waals surface area contributed by atoms with Crippen LogP contribution in [-0.2, 0) is 6.61 Å².